The number of oxime groups is 1. The van der Waals surface area contributed by atoms with Gasteiger partial charge in [0.05, 0.1) is 13.0 Å². The van der Waals surface area contributed by atoms with Crippen LogP contribution in [0.25, 0.3) is 0 Å². The number of carbonyl (C=O) groups is 2. The van der Waals surface area contributed by atoms with E-state index in [0.29, 0.717) is 6.42 Å². The molecular weight excluding hydrogens is 198 g/mol. The molecule has 5 heteroatoms. The summed E-state index contributed by atoms with van der Waals surface area (Å²) < 4.78 is 4.62. The van der Waals surface area contributed by atoms with Gasteiger partial charge in [-0.25, -0.2) is 4.79 Å². The van der Waals surface area contributed by atoms with Gasteiger partial charge in [0.15, 0.2) is 5.71 Å². The molecule has 0 bridgehead atoms. The van der Waals surface area contributed by atoms with Gasteiger partial charge in [0.25, 0.3) is 0 Å². The maximum atomic E-state index is 11.3. The van der Waals surface area contributed by atoms with Crippen molar-refractivity contribution >= 4 is 17.5 Å². The van der Waals surface area contributed by atoms with Gasteiger partial charge in [-0.3, -0.25) is 4.79 Å². The quantitative estimate of drug-likeness (QED) is 0.314. The molecule has 5 nitrogen and oxygen atoms in total. The number of nitrogens with zero attached hydrogens (tertiary/aromatic N) is 1. The number of Topliss-reactive ketones (excluding diaryl/α,β-unsaturated/α-hetero) is 1. The summed E-state index contributed by atoms with van der Waals surface area (Å²) in [5.74, 6) is -0.650. The summed E-state index contributed by atoms with van der Waals surface area (Å²) in [5.41, 5.74) is -0.234. The van der Waals surface area contributed by atoms with Crippen LogP contribution in [0.2, 0.25) is 0 Å². The molecular formula is C10H17NO4. The van der Waals surface area contributed by atoms with E-state index >= 15 is 0 Å². The maximum absolute atomic E-state index is 11.3. The normalized spacial score (nSPS) is 11.6. The van der Waals surface area contributed by atoms with E-state index in [4.69, 9.17) is 5.21 Å². The summed E-state index contributed by atoms with van der Waals surface area (Å²) in [5, 5.41) is 11.3. The molecule has 0 rings (SSSR count). The Bertz CT molecular complexity index is 258. The minimum atomic E-state index is -0.739. The van der Waals surface area contributed by atoms with Crippen molar-refractivity contribution in [2.45, 2.75) is 33.6 Å². The molecule has 1 N–H and O–H groups in total. The molecule has 0 aliphatic heterocycles. The predicted molar refractivity (Wildman–Crippen MR) is 54.9 cm³/mol. The highest BCUT2D eigenvalue weighted by molar-refractivity contribution is 6.39. The Morgan fingerprint density at radius 1 is 1.40 bits per heavy atom. The number of rotatable bonds is 6. The van der Waals surface area contributed by atoms with Crippen LogP contribution < -0.4 is 0 Å². The number of carbonyl (C=O) groups excluding carboxylic acids is 2. The Morgan fingerprint density at radius 3 is 2.40 bits per heavy atom. The van der Waals surface area contributed by atoms with Crippen LogP contribution in [0.3, 0.4) is 0 Å². The van der Waals surface area contributed by atoms with Gasteiger partial charge in [0.2, 0.25) is 0 Å². The molecule has 0 unspecified atom stereocenters. The van der Waals surface area contributed by atoms with Crippen molar-refractivity contribution in [3.8, 4) is 0 Å². The van der Waals surface area contributed by atoms with Gasteiger partial charge in [0, 0.05) is 6.42 Å². The maximum Gasteiger partial charge on any atom is 0.356 e. The molecule has 0 fully saturated rings. The van der Waals surface area contributed by atoms with Gasteiger partial charge in [-0.05, 0) is 12.8 Å². The minimum Gasteiger partial charge on any atom is -0.461 e. The molecule has 0 aromatic carbocycles. The summed E-state index contributed by atoms with van der Waals surface area (Å²) >= 11 is 0. The predicted octanol–water partition coefficient (Wildman–Crippen LogP) is 1.39. The van der Waals surface area contributed by atoms with Crippen LogP contribution in [0.5, 0.6) is 0 Å². The summed E-state index contributed by atoms with van der Waals surface area (Å²) in [4.78, 5) is 22.5. The lowest BCUT2D eigenvalue weighted by Crippen LogP contribution is -2.21. The number of hydrogen-bond donors (Lipinski definition) is 1. The lowest BCUT2D eigenvalue weighted by molar-refractivity contribution is -0.135. The molecule has 86 valence electrons. The van der Waals surface area contributed by atoms with Crippen LogP contribution in [-0.2, 0) is 14.3 Å². The van der Waals surface area contributed by atoms with Crippen molar-refractivity contribution in [2.75, 3.05) is 6.61 Å². The highest BCUT2D eigenvalue weighted by atomic mass is 16.5. The van der Waals surface area contributed by atoms with E-state index in [1.165, 1.54) is 0 Å². The van der Waals surface area contributed by atoms with Crippen molar-refractivity contribution in [1.29, 1.82) is 0 Å². The molecule has 15 heavy (non-hydrogen) atoms. The van der Waals surface area contributed by atoms with Crippen LogP contribution in [0.15, 0.2) is 5.16 Å². The standard InChI is InChI=1S/C10H17NO4/c1-4-15-10(13)9(11-14)6-8(12)5-7(2)3/h7,14H,4-6H2,1-3H3. The Balaban J connectivity index is 4.23. The second-order valence-electron chi connectivity index (χ2n) is 3.58. The second-order valence-corrected chi connectivity index (χ2v) is 3.58. The van der Waals surface area contributed by atoms with Crippen LogP contribution in [0.4, 0.5) is 0 Å². The fourth-order valence-electron chi connectivity index (χ4n) is 1.08. The number of hydrogen-bond acceptors (Lipinski definition) is 5. The monoisotopic (exact) mass is 215 g/mol. The molecule has 0 spiro atoms. The van der Waals surface area contributed by atoms with Crippen LogP contribution in [-0.4, -0.2) is 29.3 Å². The van der Waals surface area contributed by atoms with Gasteiger partial charge in [0.1, 0.15) is 5.78 Å². The molecule has 0 aromatic rings. The number of ketones is 1. The van der Waals surface area contributed by atoms with Crippen LogP contribution in [0.1, 0.15) is 33.6 Å². The van der Waals surface area contributed by atoms with Crippen LogP contribution >= 0.6 is 0 Å². The second kappa shape index (κ2) is 6.98. The van der Waals surface area contributed by atoms with Gasteiger partial charge < -0.3 is 9.94 Å². The van der Waals surface area contributed by atoms with Gasteiger partial charge in [-0.15, -0.1) is 0 Å². The molecule has 0 heterocycles. The number of ether oxygens (including phenoxy) is 1. The summed E-state index contributed by atoms with van der Waals surface area (Å²) in [7, 11) is 0. The lowest BCUT2D eigenvalue weighted by Gasteiger charge is -2.05. The van der Waals surface area contributed by atoms with E-state index in [9.17, 15) is 9.59 Å². The van der Waals surface area contributed by atoms with Crippen molar-refractivity contribution in [3.63, 3.8) is 0 Å². The zero-order valence-electron chi connectivity index (χ0n) is 9.32. The van der Waals surface area contributed by atoms with Crippen LogP contribution in [0, 0.1) is 5.92 Å². The first-order valence-electron chi connectivity index (χ1n) is 4.91. The van der Waals surface area contributed by atoms with E-state index in [2.05, 4.69) is 9.89 Å². The van der Waals surface area contributed by atoms with Gasteiger partial charge >= 0.3 is 5.97 Å². The lowest BCUT2D eigenvalue weighted by atomic mass is 10.0. The summed E-state index contributed by atoms with van der Waals surface area (Å²) in [6.07, 6.45) is 0.186. The van der Waals surface area contributed by atoms with Crippen molar-refractivity contribution in [3.05, 3.63) is 0 Å². The topological polar surface area (TPSA) is 76.0 Å². The van der Waals surface area contributed by atoms with Gasteiger partial charge in [-0.2, -0.15) is 0 Å². The first kappa shape index (κ1) is 13.6. The largest absolute Gasteiger partial charge is 0.461 e. The third-order valence-electron chi connectivity index (χ3n) is 1.63. The molecule has 0 saturated carbocycles. The minimum absolute atomic E-state index is 0.133. The van der Waals surface area contributed by atoms with Gasteiger partial charge in [-0.1, -0.05) is 19.0 Å². The van der Waals surface area contributed by atoms with E-state index < -0.39 is 5.97 Å². The average Bonchev–Trinajstić information content (AvgIpc) is 2.13. The average molecular weight is 215 g/mol. The fourth-order valence-corrected chi connectivity index (χ4v) is 1.08. The summed E-state index contributed by atoms with van der Waals surface area (Å²) in [6.45, 7) is 5.63. The first-order valence-corrected chi connectivity index (χ1v) is 4.91. The Kier molecular flexibility index (Phi) is 6.33. The molecule has 0 aliphatic carbocycles. The van der Waals surface area contributed by atoms with E-state index in [1.807, 2.05) is 13.8 Å². The van der Waals surface area contributed by atoms with Crippen molar-refractivity contribution < 1.29 is 19.5 Å². The highest BCUT2D eigenvalue weighted by Crippen LogP contribution is 2.04. The molecule has 0 aromatic heterocycles. The Morgan fingerprint density at radius 2 is 2.00 bits per heavy atom. The summed E-state index contributed by atoms with van der Waals surface area (Å²) in [6, 6.07) is 0. The fraction of sp³-hybridized carbons (Fsp3) is 0.700. The van der Waals surface area contributed by atoms with E-state index in [1.54, 1.807) is 6.92 Å². The zero-order chi connectivity index (χ0) is 11.8. The third-order valence-corrected chi connectivity index (χ3v) is 1.63. The Labute approximate surface area is 89.1 Å². The third kappa shape index (κ3) is 5.83. The first-order chi connectivity index (χ1) is 7.01. The SMILES string of the molecule is CCOC(=O)C(CC(=O)CC(C)C)=NO. The number of esters is 1. The van der Waals surface area contributed by atoms with Crippen molar-refractivity contribution in [2.24, 2.45) is 11.1 Å². The van der Waals surface area contributed by atoms with E-state index in [-0.39, 0.29) is 30.4 Å². The smallest absolute Gasteiger partial charge is 0.356 e. The molecule has 0 amide bonds. The van der Waals surface area contributed by atoms with Crippen molar-refractivity contribution in [1.82, 2.24) is 0 Å². The van der Waals surface area contributed by atoms with E-state index in [0.717, 1.165) is 0 Å². The molecule has 0 radical (unpaired) electrons. The molecule has 0 aliphatic rings. The molecule has 0 saturated heterocycles. The Hall–Kier alpha value is -1.39. The zero-order valence-corrected chi connectivity index (χ0v) is 9.32. The molecule has 0 atom stereocenters. The highest BCUT2D eigenvalue weighted by Gasteiger charge is 2.18.